The van der Waals surface area contributed by atoms with Crippen LogP contribution in [0.25, 0.3) is 0 Å². The Bertz CT molecular complexity index is 514. The zero-order valence-corrected chi connectivity index (χ0v) is 10.5. The number of aliphatic carboxylic acids is 1. The molecule has 1 aromatic heterocycles. The van der Waals surface area contributed by atoms with E-state index in [1.54, 1.807) is 6.92 Å². The molecule has 1 aliphatic carbocycles. The largest absolute Gasteiger partial charge is 0.481 e. The molecule has 2 rings (SSSR count). The number of anilines is 1. The molecular weight excluding hydrogens is 250 g/mol. The number of carboxylic acid groups (broad SMARTS) is 1. The van der Waals surface area contributed by atoms with Gasteiger partial charge in [-0.25, -0.2) is 4.98 Å². The van der Waals surface area contributed by atoms with Crippen molar-refractivity contribution in [2.24, 2.45) is 5.92 Å². The van der Waals surface area contributed by atoms with Crippen molar-refractivity contribution in [2.75, 3.05) is 5.32 Å². The highest BCUT2D eigenvalue weighted by Gasteiger charge is 2.33. The van der Waals surface area contributed by atoms with E-state index >= 15 is 0 Å². The molecule has 2 N–H and O–H groups in total. The van der Waals surface area contributed by atoms with E-state index in [-0.39, 0.29) is 18.2 Å². The van der Waals surface area contributed by atoms with Gasteiger partial charge in [0.05, 0.1) is 11.3 Å². The van der Waals surface area contributed by atoms with E-state index in [0.29, 0.717) is 17.3 Å². The molecule has 0 amide bonds. The topological polar surface area (TPSA) is 105 Å². The number of aryl methyl sites for hydroxylation is 1. The number of hydrogen-bond acceptors (Lipinski definition) is 5. The van der Waals surface area contributed by atoms with Gasteiger partial charge in [-0.2, -0.15) is 0 Å². The van der Waals surface area contributed by atoms with Crippen LogP contribution in [0.5, 0.6) is 0 Å². The van der Waals surface area contributed by atoms with Crippen molar-refractivity contribution in [3.63, 3.8) is 0 Å². The van der Waals surface area contributed by atoms with Gasteiger partial charge in [-0.1, -0.05) is 0 Å². The van der Waals surface area contributed by atoms with Crippen molar-refractivity contribution in [2.45, 2.75) is 32.2 Å². The van der Waals surface area contributed by atoms with Crippen LogP contribution < -0.4 is 5.32 Å². The highest BCUT2D eigenvalue weighted by atomic mass is 16.6. The van der Waals surface area contributed by atoms with E-state index in [2.05, 4.69) is 10.3 Å². The summed E-state index contributed by atoms with van der Waals surface area (Å²) in [5, 5.41) is 22.6. The minimum atomic E-state index is -0.857. The Morgan fingerprint density at radius 2 is 2.37 bits per heavy atom. The molecule has 7 heteroatoms. The summed E-state index contributed by atoms with van der Waals surface area (Å²) in [4.78, 5) is 24.9. The lowest BCUT2D eigenvalue weighted by molar-refractivity contribution is -0.385. The molecule has 19 heavy (non-hydrogen) atoms. The average Bonchev–Trinajstić information content (AvgIpc) is 3.13. The first kappa shape index (κ1) is 13.3. The summed E-state index contributed by atoms with van der Waals surface area (Å²) in [5.41, 5.74) is 0.578. The SMILES string of the molecule is Cc1cc([N+](=O)[O-])cnc1NC(CC(=O)O)C1CC1. The molecule has 1 atom stereocenters. The Labute approximate surface area is 109 Å². The molecule has 0 spiro atoms. The Morgan fingerprint density at radius 1 is 1.68 bits per heavy atom. The fraction of sp³-hybridized carbons (Fsp3) is 0.500. The normalized spacial score (nSPS) is 15.8. The van der Waals surface area contributed by atoms with Crippen LogP contribution in [0.15, 0.2) is 12.3 Å². The summed E-state index contributed by atoms with van der Waals surface area (Å²) in [6.07, 6.45) is 3.23. The second-order valence-electron chi connectivity index (χ2n) is 4.80. The number of rotatable bonds is 6. The van der Waals surface area contributed by atoms with Gasteiger partial charge in [-0.3, -0.25) is 14.9 Å². The van der Waals surface area contributed by atoms with Crippen LogP contribution >= 0.6 is 0 Å². The maximum atomic E-state index is 10.8. The van der Waals surface area contributed by atoms with Gasteiger partial charge in [0.25, 0.3) is 5.69 Å². The van der Waals surface area contributed by atoms with Gasteiger partial charge < -0.3 is 10.4 Å². The molecule has 1 unspecified atom stereocenters. The second kappa shape index (κ2) is 5.21. The predicted octanol–water partition coefficient (Wildman–Crippen LogP) is 1.96. The summed E-state index contributed by atoms with van der Waals surface area (Å²) >= 11 is 0. The summed E-state index contributed by atoms with van der Waals surface area (Å²) in [6, 6.07) is 1.27. The van der Waals surface area contributed by atoms with Crippen LogP contribution in [-0.2, 0) is 4.79 Å². The fourth-order valence-corrected chi connectivity index (χ4v) is 2.01. The lowest BCUT2D eigenvalue weighted by Gasteiger charge is -2.18. The predicted molar refractivity (Wildman–Crippen MR) is 68.0 cm³/mol. The van der Waals surface area contributed by atoms with E-state index in [4.69, 9.17) is 5.11 Å². The van der Waals surface area contributed by atoms with Gasteiger partial charge in [-0.15, -0.1) is 0 Å². The molecule has 0 bridgehead atoms. The molecule has 1 heterocycles. The van der Waals surface area contributed by atoms with E-state index < -0.39 is 10.9 Å². The minimum absolute atomic E-state index is 0.0305. The maximum Gasteiger partial charge on any atom is 0.305 e. The quantitative estimate of drug-likeness (QED) is 0.601. The number of nitrogens with zero attached hydrogens (tertiary/aromatic N) is 2. The molecule has 1 saturated carbocycles. The standard InChI is InChI=1S/C12H15N3O4/c1-7-4-9(15(18)19)6-13-12(7)14-10(5-11(16)17)8-2-3-8/h4,6,8,10H,2-3,5H2,1H3,(H,13,14)(H,16,17). The van der Waals surface area contributed by atoms with E-state index in [0.717, 1.165) is 12.8 Å². The number of nitrogens with one attached hydrogen (secondary N) is 1. The summed E-state index contributed by atoms with van der Waals surface area (Å²) < 4.78 is 0. The van der Waals surface area contributed by atoms with Gasteiger partial charge >= 0.3 is 5.97 Å². The lowest BCUT2D eigenvalue weighted by Crippen LogP contribution is -2.26. The molecular formula is C12H15N3O4. The molecule has 1 aromatic rings. The first-order valence-corrected chi connectivity index (χ1v) is 6.06. The van der Waals surface area contributed by atoms with Crippen molar-refractivity contribution < 1.29 is 14.8 Å². The van der Waals surface area contributed by atoms with E-state index in [9.17, 15) is 14.9 Å². The van der Waals surface area contributed by atoms with E-state index in [1.807, 2.05) is 0 Å². The van der Waals surface area contributed by atoms with Gasteiger partial charge in [0, 0.05) is 12.1 Å². The van der Waals surface area contributed by atoms with Crippen molar-refractivity contribution in [1.82, 2.24) is 4.98 Å². The average molecular weight is 265 g/mol. The number of aromatic nitrogens is 1. The smallest absolute Gasteiger partial charge is 0.305 e. The Hall–Kier alpha value is -2.18. The van der Waals surface area contributed by atoms with Crippen LogP contribution in [0, 0.1) is 23.0 Å². The zero-order chi connectivity index (χ0) is 14.0. The third kappa shape index (κ3) is 3.40. The third-order valence-corrected chi connectivity index (χ3v) is 3.18. The summed E-state index contributed by atoms with van der Waals surface area (Å²) in [6.45, 7) is 1.72. The van der Waals surface area contributed by atoms with Crippen molar-refractivity contribution >= 4 is 17.5 Å². The number of pyridine rings is 1. The molecule has 0 saturated heterocycles. The number of hydrogen-bond donors (Lipinski definition) is 2. The van der Waals surface area contributed by atoms with Crippen LogP contribution in [-0.4, -0.2) is 27.0 Å². The maximum absolute atomic E-state index is 10.8. The highest BCUT2D eigenvalue weighted by molar-refractivity contribution is 5.68. The second-order valence-corrected chi connectivity index (χ2v) is 4.80. The third-order valence-electron chi connectivity index (χ3n) is 3.18. The monoisotopic (exact) mass is 265 g/mol. The van der Waals surface area contributed by atoms with Crippen LogP contribution in [0.4, 0.5) is 11.5 Å². The van der Waals surface area contributed by atoms with Crippen LogP contribution in [0.2, 0.25) is 0 Å². The number of nitro groups is 1. The zero-order valence-electron chi connectivity index (χ0n) is 10.5. The molecule has 1 aliphatic rings. The number of carboxylic acids is 1. The Morgan fingerprint density at radius 3 is 2.84 bits per heavy atom. The molecule has 1 fully saturated rings. The van der Waals surface area contributed by atoms with Gasteiger partial charge in [0.1, 0.15) is 12.0 Å². The molecule has 102 valence electrons. The molecule has 0 radical (unpaired) electrons. The number of carbonyl (C=O) groups is 1. The molecule has 7 nitrogen and oxygen atoms in total. The van der Waals surface area contributed by atoms with Crippen molar-refractivity contribution in [3.05, 3.63) is 27.9 Å². The van der Waals surface area contributed by atoms with Crippen LogP contribution in [0.3, 0.4) is 0 Å². The van der Waals surface area contributed by atoms with E-state index in [1.165, 1.54) is 12.3 Å². The summed E-state index contributed by atoms with van der Waals surface area (Å²) in [7, 11) is 0. The summed E-state index contributed by atoms with van der Waals surface area (Å²) in [5.74, 6) is 0.0141. The fourth-order valence-electron chi connectivity index (χ4n) is 2.01. The molecule has 0 aliphatic heterocycles. The van der Waals surface area contributed by atoms with Gasteiger partial charge in [0.2, 0.25) is 0 Å². The highest BCUT2D eigenvalue weighted by Crippen LogP contribution is 2.36. The molecule has 0 aromatic carbocycles. The van der Waals surface area contributed by atoms with Crippen molar-refractivity contribution in [3.8, 4) is 0 Å². The van der Waals surface area contributed by atoms with Crippen molar-refractivity contribution in [1.29, 1.82) is 0 Å². The Kier molecular flexibility index (Phi) is 3.64. The van der Waals surface area contributed by atoms with Gasteiger partial charge in [-0.05, 0) is 31.2 Å². The van der Waals surface area contributed by atoms with Crippen LogP contribution in [0.1, 0.15) is 24.8 Å². The minimum Gasteiger partial charge on any atom is -0.481 e. The Balaban J connectivity index is 2.12. The lowest BCUT2D eigenvalue weighted by atomic mass is 10.1. The van der Waals surface area contributed by atoms with Gasteiger partial charge in [0.15, 0.2) is 0 Å². The first-order chi connectivity index (χ1) is 8.97. The first-order valence-electron chi connectivity index (χ1n) is 6.06.